The van der Waals surface area contributed by atoms with Gasteiger partial charge in [0.1, 0.15) is 5.92 Å². The first-order chi connectivity index (χ1) is 10.0. The fraction of sp³-hybridized carbons (Fsp3) is 0.875. The van der Waals surface area contributed by atoms with Crippen molar-refractivity contribution in [1.82, 2.24) is 0 Å². The zero-order valence-corrected chi connectivity index (χ0v) is 12.3. The van der Waals surface area contributed by atoms with Gasteiger partial charge in [0.05, 0.1) is 29.9 Å². The number of hydrogen-bond acceptors (Lipinski definition) is 5. The molecule has 0 radical (unpaired) electrons. The molecule has 5 nitrogen and oxygen atoms in total. The molecule has 112 valence electrons. The van der Waals surface area contributed by atoms with Crippen LogP contribution in [-0.2, 0) is 14.2 Å². The normalized spacial score (nSPS) is 46.5. The molecule has 4 atom stereocenters. The fourth-order valence-electron chi connectivity index (χ4n) is 5.38. The average Bonchev–Trinajstić information content (AvgIpc) is 2.88. The molecule has 0 spiro atoms. The Labute approximate surface area is 124 Å². The Kier molecular flexibility index (Phi) is 2.70. The molecule has 5 aliphatic rings. The summed E-state index contributed by atoms with van der Waals surface area (Å²) in [4.78, 5) is 0. The maximum absolute atomic E-state index is 9.53. The number of rotatable bonds is 2. The van der Waals surface area contributed by atoms with Crippen molar-refractivity contribution in [2.45, 2.75) is 75.7 Å². The van der Waals surface area contributed by atoms with Gasteiger partial charge in [0.2, 0.25) is 0 Å². The van der Waals surface area contributed by atoms with Crippen molar-refractivity contribution in [2.24, 2.45) is 11.3 Å². The van der Waals surface area contributed by atoms with Crippen molar-refractivity contribution >= 4 is 0 Å². The molecule has 0 N–H and O–H groups in total. The second-order valence-electron chi connectivity index (χ2n) is 7.14. The smallest absolute Gasteiger partial charge is 0.280 e. The maximum atomic E-state index is 9.53. The SMILES string of the molecule is CC12O[C@@H]3C[C@@H](CC(C4(C(C#N)C#N)CCCC4)(C3)O1)O2. The minimum atomic E-state index is -0.991. The second-order valence-corrected chi connectivity index (χ2v) is 7.14. The van der Waals surface area contributed by atoms with E-state index in [1.165, 1.54) is 0 Å². The summed E-state index contributed by atoms with van der Waals surface area (Å²) < 4.78 is 18.1. The third-order valence-electron chi connectivity index (χ3n) is 6.00. The summed E-state index contributed by atoms with van der Waals surface area (Å²) >= 11 is 0. The van der Waals surface area contributed by atoms with E-state index in [1.54, 1.807) is 0 Å². The van der Waals surface area contributed by atoms with E-state index in [2.05, 4.69) is 12.1 Å². The highest BCUT2D eigenvalue weighted by Crippen LogP contribution is 2.63. The molecule has 2 aliphatic carbocycles. The van der Waals surface area contributed by atoms with Crippen LogP contribution in [0.4, 0.5) is 0 Å². The van der Waals surface area contributed by atoms with E-state index >= 15 is 0 Å². The lowest BCUT2D eigenvalue weighted by atomic mass is 9.56. The molecular formula is C16H20N2O3. The van der Waals surface area contributed by atoms with E-state index in [4.69, 9.17) is 14.2 Å². The summed E-state index contributed by atoms with van der Waals surface area (Å²) in [6, 6.07) is 4.50. The zero-order valence-electron chi connectivity index (χ0n) is 12.3. The van der Waals surface area contributed by atoms with Crippen LogP contribution in [0, 0.1) is 34.0 Å². The van der Waals surface area contributed by atoms with Crippen molar-refractivity contribution in [3.05, 3.63) is 0 Å². The molecule has 0 aromatic rings. The summed E-state index contributed by atoms with van der Waals surface area (Å²) in [6.45, 7) is 1.83. The van der Waals surface area contributed by atoms with Crippen molar-refractivity contribution < 1.29 is 14.2 Å². The molecule has 5 fully saturated rings. The van der Waals surface area contributed by atoms with Crippen LogP contribution in [0.15, 0.2) is 0 Å². The Bertz CT molecular complexity index is 513. The molecule has 0 aromatic heterocycles. The second kappa shape index (κ2) is 4.20. The lowest BCUT2D eigenvalue weighted by molar-refractivity contribution is -0.521. The Morgan fingerprint density at radius 3 is 2.10 bits per heavy atom. The third kappa shape index (κ3) is 1.66. The van der Waals surface area contributed by atoms with Crippen LogP contribution in [0.5, 0.6) is 0 Å². The van der Waals surface area contributed by atoms with Gasteiger partial charge in [-0.05, 0) is 12.8 Å². The van der Waals surface area contributed by atoms with Gasteiger partial charge in [-0.15, -0.1) is 0 Å². The highest BCUT2D eigenvalue weighted by Gasteiger charge is 2.69. The average molecular weight is 288 g/mol. The molecule has 4 bridgehead atoms. The molecular weight excluding hydrogens is 268 g/mol. The van der Waals surface area contributed by atoms with Gasteiger partial charge in [-0.25, -0.2) is 0 Å². The molecule has 5 rings (SSSR count). The molecule has 2 saturated carbocycles. The Morgan fingerprint density at radius 1 is 1.05 bits per heavy atom. The van der Waals surface area contributed by atoms with E-state index in [1.807, 2.05) is 6.92 Å². The monoisotopic (exact) mass is 288 g/mol. The predicted octanol–water partition coefficient (Wildman–Crippen LogP) is 2.62. The summed E-state index contributed by atoms with van der Waals surface area (Å²) in [7, 11) is 0. The first-order valence-electron chi connectivity index (χ1n) is 7.90. The van der Waals surface area contributed by atoms with Gasteiger partial charge in [0.15, 0.2) is 0 Å². The first kappa shape index (κ1) is 13.5. The quantitative estimate of drug-likeness (QED) is 0.780. The van der Waals surface area contributed by atoms with Crippen molar-refractivity contribution in [2.75, 3.05) is 0 Å². The van der Waals surface area contributed by atoms with Gasteiger partial charge >= 0.3 is 0 Å². The number of hydrogen-bond donors (Lipinski definition) is 0. The highest BCUT2D eigenvalue weighted by molar-refractivity contribution is 5.21. The van der Waals surface area contributed by atoms with Crippen LogP contribution >= 0.6 is 0 Å². The lowest BCUT2D eigenvalue weighted by Gasteiger charge is -2.64. The molecule has 5 heteroatoms. The minimum absolute atomic E-state index is 0.131. The lowest BCUT2D eigenvalue weighted by Crippen LogP contribution is -2.71. The highest BCUT2D eigenvalue weighted by atomic mass is 16.9. The predicted molar refractivity (Wildman–Crippen MR) is 71.4 cm³/mol. The van der Waals surface area contributed by atoms with Crippen LogP contribution in [0.25, 0.3) is 0 Å². The maximum Gasteiger partial charge on any atom is 0.280 e. The van der Waals surface area contributed by atoms with Gasteiger partial charge in [-0.1, -0.05) is 12.8 Å². The zero-order chi connectivity index (χ0) is 14.7. The Morgan fingerprint density at radius 2 is 1.62 bits per heavy atom. The molecule has 2 unspecified atom stereocenters. The van der Waals surface area contributed by atoms with E-state index in [0.29, 0.717) is 0 Å². The van der Waals surface area contributed by atoms with Crippen LogP contribution in [0.3, 0.4) is 0 Å². The molecule has 0 aromatic carbocycles. The van der Waals surface area contributed by atoms with Gasteiger partial charge in [0.25, 0.3) is 5.97 Å². The van der Waals surface area contributed by atoms with Crippen molar-refractivity contribution in [3.8, 4) is 12.1 Å². The number of nitriles is 2. The molecule has 3 heterocycles. The summed E-state index contributed by atoms with van der Waals surface area (Å²) in [6.07, 6.45) is 6.68. The Balaban J connectivity index is 1.80. The number of nitrogens with zero attached hydrogens (tertiary/aromatic N) is 2. The van der Waals surface area contributed by atoms with E-state index in [9.17, 15) is 10.5 Å². The van der Waals surface area contributed by atoms with Crippen LogP contribution < -0.4 is 0 Å². The van der Waals surface area contributed by atoms with Crippen molar-refractivity contribution in [1.29, 1.82) is 10.5 Å². The molecule has 3 aliphatic heterocycles. The van der Waals surface area contributed by atoms with Gasteiger partial charge < -0.3 is 14.2 Å². The first-order valence-corrected chi connectivity index (χ1v) is 7.90. The van der Waals surface area contributed by atoms with Crippen LogP contribution in [0.2, 0.25) is 0 Å². The van der Waals surface area contributed by atoms with E-state index in [0.717, 1.165) is 44.9 Å². The van der Waals surface area contributed by atoms with Gasteiger partial charge in [-0.2, -0.15) is 10.5 Å². The Hall–Kier alpha value is -1.14. The van der Waals surface area contributed by atoms with Crippen LogP contribution in [0.1, 0.15) is 51.9 Å². The molecule has 3 saturated heterocycles. The van der Waals surface area contributed by atoms with Crippen LogP contribution in [-0.4, -0.2) is 23.8 Å². The number of ether oxygens (including phenoxy) is 3. The fourth-order valence-corrected chi connectivity index (χ4v) is 5.38. The topological polar surface area (TPSA) is 75.3 Å². The van der Waals surface area contributed by atoms with Gasteiger partial charge in [0, 0.05) is 31.6 Å². The van der Waals surface area contributed by atoms with E-state index in [-0.39, 0.29) is 17.6 Å². The summed E-state index contributed by atoms with van der Waals surface area (Å²) in [5.41, 5.74) is -0.791. The van der Waals surface area contributed by atoms with Gasteiger partial charge in [-0.3, -0.25) is 0 Å². The van der Waals surface area contributed by atoms with Crippen molar-refractivity contribution in [3.63, 3.8) is 0 Å². The standard InChI is InChI=1S/C16H20N2O3/c1-14-19-12-6-13(20-14)8-16(7-12,21-14)15(4-2-3-5-15)11(9-17)10-18/h11-13H,2-8H2,1H3/t12-,13+,14?,16?. The summed E-state index contributed by atoms with van der Waals surface area (Å²) in [5.74, 6) is -1.60. The molecule has 0 amide bonds. The summed E-state index contributed by atoms with van der Waals surface area (Å²) in [5, 5.41) is 19.1. The largest absolute Gasteiger partial charge is 0.324 e. The third-order valence-corrected chi connectivity index (χ3v) is 6.00. The van der Waals surface area contributed by atoms with E-state index < -0.39 is 17.5 Å². The minimum Gasteiger partial charge on any atom is -0.324 e. The molecule has 21 heavy (non-hydrogen) atoms.